The highest BCUT2D eigenvalue weighted by molar-refractivity contribution is 4.44. The summed E-state index contributed by atoms with van der Waals surface area (Å²) in [7, 11) is 0. The minimum Gasteiger partial charge on any atom is -0.162 e. The normalized spacial score (nSPS) is 10.0. The summed E-state index contributed by atoms with van der Waals surface area (Å²) in [6, 6.07) is 0. The Kier molecular flexibility index (Phi) is 1.72. The molecule has 0 saturated carbocycles. The summed E-state index contributed by atoms with van der Waals surface area (Å²) < 4.78 is 11.9. The second kappa shape index (κ2) is 2.52. The topological polar surface area (TPSA) is 43.6 Å². The molecule has 50 valence electrons. The van der Waals surface area contributed by atoms with Crippen LogP contribution < -0.4 is 0 Å². The molecule has 0 N–H and O–H groups in total. The van der Waals surface area contributed by atoms with Gasteiger partial charge in [0, 0.05) is 0 Å². The molecule has 0 aliphatic heterocycles. The number of tetrazole rings is 1. The summed E-state index contributed by atoms with van der Waals surface area (Å²) in [5.74, 6) is 0. The fourth-order valence-corrected chi connectivity index (χ4v) is 0.518. The summed E-state index contributed by atoms with van der Waals surface area (Å²) in [4.78, 5) is 1.23. The molecule has 0 bridgehead atoms. The van der Waals surface area contributed by atoms with Crippen LogP contribution in [0.5, 0.6) is 0 Å². The first kappa shape index (κ1) is 6.12. The lowest BCUT2D eigenvalue weighted by Crippen LogP contribution is -2.00. The summed E-state index contributed by atoms with van der Waals surface area (Å²) in [6.07, 6.45) is 0.124. The Labute approximate surface area is 51.7 Å². The van der Waals surface area contributed by atoms with Crippen LogP contribution in [0.3, 0.4) is 0 Å². The van der Waals surface area contributed by atoms with Crippen LogP contribution in [-0.4, -0.2) is 20.2 Å². The fourth-order valence-electron chi connectivity index (χ4n) is 0.518. The Hall–Kier alpha value is -1.00. The lowest BCUT2D eigenvalue weighted by Gasteiger charge is -1.88. The van der Waals surface area contributed by atoms with E-state index in [2.05, 4.69) is 15.4 Å². The quantitative estimate of drug-likeness (QED) is 0.575. The van der Waals surface area contributed by atoms with E-state index in [0.717, 1.165) is 6.42 Å². The largest absolute Gasteiger partial charge is 0.347 e. The molecule has 0 radical (unpaired) electrons. The number of aryl methyl sites for hydroxylation is 1. The molecular weight excluding hydrogens is 123 g/mol. The van der Waals surface area contributed by atoms with Crippen LogP contribution in [0.25, 0.3) is 0 Å². The predicted octanol–water partition coefficient (Wildman–Crippen LogP) is 0.222. The monoisotopic (exact) mass is 130 g/mol. The summed E-state index contributed by atoms with van der Waals surface area (Å²) in [6.45, 7) is 2.58. The average molecular weight is 130 g/mol. The number of nitrogens with zero attached hydrogens (tertiary/aromatic N) is 4. The van der Waals surface area contributed by atoms with Crippen molar-refractivity contribution in [2.75, 3.05) is 0 Å². The molecule has 0 amide bonds. The average Bonchev–Trinajstić information content (AvgIpc) is 2.17. The van der Waals surface area contributed by atoms with Crippen molar-refractivity contribution < 1.29 is 4.39 Å². The molecule has 0 atom stereocenters. The highest BCUT2D eigenvalue weighted by Crippen LogP contribution is 1.83. The van der Waals surface area contributed by atoms with Gasteiger partial charge in [-0.2, -0.15) is 9.19 Å². The van der Waals surface area contributed by atoms with E-state index in [1.165, 1.54) is 4.80 Å². The second-order valence-electron chi connectivity index (χ2n) is 1.65. The Balaban J connectivity index is 2.61. The minimum atomic E-state index is -0.761. The molecule has 0 aromatic carbocycles. The Morgan fingerprint density at radius 1 is 1.67 bits per heavy atom. The Morgan fingerprint density at radius 2 is 2.44 bits per heavy atom. The van der Waals surface area contributed by atoms with Gasteiger partial charge in [-0.15, -0.1) is 5.10 Å². The van der Waals surface area contributed by atoms with Gasteiger partial charge >= 0.3 is 6.08 Å². The van der Waals surface area contributed by atoms with Crippen LogP contribution in [0, 0.1) is 6.08 Å². The van der Waals surface area contributed by atoms with Crippen LogP contribution in [0.4, 0.5) is 4.39 Å². The van der Waals surface area contributed by atoms with Gasteiger partial charge in [-0.3, -0.25) is 0 Å². The van der Waals surface area contributed by atoms with Crippen molar-refractivity contribution >= 4 is 0 Å². The van der Waals surface area contributed by atoms with E-state index in [0.29, 0.717) is 6.54 Å². The standard InChI is InChI=1S/C4H7FN4/c1-2-3-9-7-4(5)6-8-9/h2-3H2,1H3. The highest BCUT2D eigenvalue weighted by atomic mass is 19.1. The third kappa shape index (κ3) is 1.45. The van der Waals surface area contributed by atoms with E-state index in [-0.39, 0.29) is 0 Å². The molecule has 0 spiro atoms. The minimum absolute atomic E-state index is 0.622. The van der Waals surface area contributed by atoms with Gasteiger partial charge in [0.05, 0.1) is 6.54 Å². The molecule has 1 aromatic rings. The number of halogens is 1. The van der Waals surface area contributed by atoms with Crippen molar-refractivity contribution in [2.45, 2.75) is 19.9 Å². The van der Waals surface area contributed by atoms with Crippen LogP contribution in [-0.2, 0) is 6.54 Å². The molecular formula is C4H7FN4. The molecule has 1 rings (SSSR count). The first-order valence-electron chi connectivity index (χ1n) is 2.76. The molecule has 5 heteroatoms. The SMILES string of the molecule is CCCn1nnc(F)n1. The van der Waals surface area contributed by atoms with Crippen molar-refractivity contribution in [1.29, 1.82) is 0 Å². The van der Waals surface area contributed by atoms with E-state index in [1.807, 2.05) is 6.92 Å². The van der Waals surface area contributed by atoms with Crippen molar-refractivity contribution in [3.63, 3.8) is 0 Å². The van der Waals surface area contributed by atoms with E-state index >= 15 is 0 Å². The van der Waals surface area contributed by atoms with Gasteiger partial charge in [-0.05, 0) is 11.6 Å². The van der Waals surface area contributed by atoms with Crippen molar-refractivity contribution in [2.24, 2.45) is 0 Å². The molecule has 0 fully saturated rings. The van der Waals surface area contributed by atoms with Gasteiger partial charge in [0.15, 0.2) is 0 Å². The van der Waals surface area contributed by atoms with Crippen molar-refractivity contribution in [3.8, 4) is 0 Å². The maximum absolute atomic E-state index is 11.9. The van der Waals surface area contributed by atoms with Gasteiger partial charge in [0.1, 0.15) is 0 Å². The van der Waals surface area contributed by atoms with Gasteiger partial charge < -0.3 is 0 Å². The zero-order valence-corrected chi connectivity index (χ0v) is 5.08. The summed E-state index contributed by atoms with van der Waals surface area (Å²) in [5.41, 5.74) is 0. The van der Waals surface area contributed by atoms with E-state index in [9.17, 15) is 4.39 Å². The number of rotatable bonds is 2. The van der Waals surface area contributed by atoms with E-state index in [4.69, 9.17) is 0 Å². The molecule has 0 aliphatic rings. The van der Waals surface area contributed by atoms with Crippen LogP contribution in [0.15, 0.2) is 0 Å². The summed E-state index contributed by atoms with van der Waals surface area (Å²) >= 11 is 0. The Bertz CT molecular complexity index is 184. The predicted molar refractivity (Wildman–Crippen MR) is 28.1 cm³/mol. The number of hydrogen-bond donors (Lipinski definition) is 0. The lowest BCUT2D eigenvalue weighted by molar-refractivity contribution is 0.487. The summed E-state index contributed by atoms with van der Waals surface area (Å²) in [5, 5.41) is 9.78. The van der Waals surface area contributed by atoms with E-state index < -0.39 is 6.08 Å². The van der Waals surface area contributed by atoms with Gasteiger partial charge in [0.2, 0.25) is 0 Å². The molecule has 0 unspecified atom stereocenters. The smallest absolute Gasteiger partial charge is 0.162 e. The number of aromatic nitrogens is 4. The maximum Gasteiger partial charge on any atom is 0.347 e. The van der Waals surface area contributed by atoms with Gasteiger partial charge in [0.25, 0.3) is 0 Å². The first-order valence-corrected chi connectivity index (χ1v) is 2.76. The van der Waals surface area contributed by atoms with Gasteiger partial charge in [-0.1, -0.05) is 12.0 Å². The molecule has 4 nitrogen and oxygen atoms in total. The molecule has 1 heterocycles. The second-order valence-corrected chi connectivity index (χ2v) is 1.65. The lowest BCUT2D eigenvalue weighted by atomic mass is 10.5. The zero-order valence-electron chi connectivity index (χ0n) is 5.08. The van der Waals surface area contributed by atoms with Crippen molar-refractivity contribution in [3.05, 3.63) is 6.08 Å². The van der Waals surface area contributed by atoms with Crippen LogP contribution >= 0.6 is 0 Å². The van der Waals surface area contributed by atoms with Crippen LogP contribution in [0.2, 0.25) is 0 Å². The Morgan fingerprint density at radius 3 is 2.89 bits per heavy atom. The zero-order chi connectivity index (χ0) is 6.69. The van der Waals surface area contributed by atoms with E-state index in [1.54, 1.807) is 0 Å². The third-order valence-corrected chi connectivity index (χ3v) is 0.852. The molecule has 0 aliphatic carbocycles. The molecule has 9 heavy (non-hydrogen) atoms. The van der Waals surface area contributed by atoms with Gasteiger partial charge in [-0.25, -0.2) is 0 Å². The maximum atomic E-state index is 11.9. The molecule has 0 saturated heterocycles. The fraction of sp³-hybridized carbons (Fsp3) is 0.750. The first-order chi connectivity index (χ1) is 4.33. The highest BCUT2D eigenvalue weighted by Gasteiger charge is 1.96. The third-order valence-electron chi connectivity index (χ3n) is 0.852. The van der Waals surface area contributed by atoms with Crippen molar-refractivity contribution in [1.82, 2.24) is 20.2 Å². The van der Waals surface area contributed by atoms with Crippen LogP contribution in [0.1, 0.15) is 13.3 Å². The number of hydrogen-bond acceptors (Lipinski definition) is 3. The molecule has 1 aromatic heterocycles.